The van der Waals surface area contributed by atoms with Gasteiger partial charge in [-0.05, 0) is 39.2 Å². The van der Waals surface area contributed by atoms with Crippen LogP contribution >= 0.6 is 0 Å². The topological polar surface area (TPSA) is 72.1 Å². The molecule has 122 valence electrons. The van der Waals surface area contributed by atoms with Crippen molar-refractivity contribution in [3.63, 3.8) is 0 Å². The fraction of sp³-hybridized carbons (Fsp3) is 0.529. The monoisotopic (exact) mass is 314 g/mol. The fourth-order valence-electron chi connectivity index (χ4n) is 3.20. The number of nitrogens with zero attached hydrogens (tertiary/aromatic N) is 4. The third-order valence-corrected chi connectivity index (χ3v) is 4.41. The van der Waals surface area contributed by atoms with Crippen LogP contribution in [0.2, 0.25) is 0 Å². The standard InChI is InChI=1S/C17H22N4O2/c1-4-14-16(11(2)23-20-14)17(22)21-9-5-6-13(10-21)15-7-8-18-12(3)19-15/h7-8,13H,4-6,9-10H2,1-3H3/t13-/m1/s1. The smallest absolute Gasteiger partial charge is 0.259 e. The molecular weight excluding hydrogens is 292 g/mol. The highest BCUT2D eigenvalue weighted by molar-refractivity contribution is 5.96. The summed E-state index contributed by atoms with van der Waals surface area (Å²) in [6.07, 6.45) is 4.51. The highest BCUT2D eigenvalue weighted by Gasteiger charge is 2.30. The van der Waals surface area contributed by atoms with Crippen molar-refractivity contribution in [3.05, 3.63) is 40.8 Å². The van der Waals surface area contributed by atoms with Gasteiger partial charge in [0.1, 0.15) is 17.1 Å². The maximum atomic E-state index is 12.9. The average Bonchev–Trinajstić information content (AvgIpc) is 2.95. The molecule has 2 aromatic rings. The van der Waals surface area contributed by atoms with Crippen LogP contribution in [0, 0.1) is 13.8 Å². The molecule has 0 spiro atoms. The van der Waals surface area contributed by atoms with Gasteiger partial charge in [-0.25, -0.2) is 9.97 Å². The summed E-state index contributed by atoms with van der Waals surface area (Å²) in [4.78, 5) is 23.5. The minimum Gasteiger partial charge on any atom is -0.361 e. The number of carbonyl (C=O) groups excluding carboxylic acids is 1. The van der Waals surface area contributed by atoms with Gasteiger partial charge in [0.25, 0.3) is 5.91 Å². The zero-order chi connectivity index (χ0) is 16.4. The average molecular weight is 314 g/mol. The Morgan fingerprint density at radius 1 is 1.43 bits per heavy atom. The molecule has 1 fully saturated rings. The third-order valence-electron chi connectivity index (χ3n) is 4.41. The predicted octanol–water partition coefficient (Wildman–Crippen LogP) is 2.66. The number of rotatable bonds is 3. The Hall–Kier alpha value is -2.24. The molecule has 0 aliphatic carbocycles. The molecule has 0 bridgehead atoms. The molecule has 6 nitrogen and oxygen atoms in total. The van der Waals surface area contributed by atoms with Gasteiger partial charge in [0.15, 0.2) is 0 Å². The summed E-state index contributed by atoms with van der Waals surface area (Å²) >= 11 is 0. The number of carbonyl (C=O) groups is 1. The largest absolute Gasteiger partial charge is 0.361 e. The van der Waals surface area contributed by atoms with Crippen molar-refractivity contribution in [3.8, 4) is 0 Å². The van der Waals surface area contributed by atoms with Gasteiger partial charge in [-0.2, -0.15) is 0 Å². The van der Waals surface area contributed by atoms with Crippen molar-refractivity contribution in [1.82, 2.24) is 20.0 Å². The molecule has 23 heavy (non-hydrogen) atoms. The number of aryl methyl sites for hydroxylation is 3. The van der Waals surface area contributed by atoms with E-state index in [0.29, 0.717) is 24.3 Å². The molecule has 3 heterocycles. The molecule has 0 N–H and O–H groups in total. The first-order valence-corrected chi connectivity index (χ1v) is 8.14. The summed E-state index contributed by atoms with van der Waals surface area (Å²) in [5.41, 5.74) is 2.40. The summed E-state index contributed by atoms with van der Waals surface area (Å²) in [6, 6.07) is 1.95. The Balaban J connectivity index is 1.81. The molecule has 0 radical (unpaired) electrons. The summed E-state index contributed by atoms with van der Waals surface area (Å²) in [7, 11) is 0. The first kappa shape index (κ1) is 15.6. The van der Waals surface area contributed by atoms with Crippen molar-refractivity contribution in [2.45, 2.75) is 46.0 Å². The van der Waals surface area contributed by atoms with E-state index in [1.54, 1.807) is 13.1 Å². The van der Waals surface area contributed by atoms with Crippen LogP contribution in [0.1, 0.15) is 59.0 Å². The van der Waals surface area contributed by atoms with Crippen molar-refractivity contribution in [2.75, 3.05) is 13.1 Å². The normalized spacial score (nSPS) is 18.2. The Morgan fingerprint density at radius 2 is 2.26 bits per heavy atom. The predicted molar refractivity (Wildman–Crippen MR) is 85.3 cm³/mol. The van der Waals surface area contributed by atoms with Crippen LogP contribution in [0.5, 0.6) is 0 Å². The zero-order valence-electron chi connectivity index (χ0n) is 13.9. The summed E-state index contributed by atoms with van der Waals surface area (Å²) in [5.74, 6) is 1.66. The molecule has 3 rings (SSSR count). The van der Waals surface area contributed by atoms with E-state index in [4.69, 9.17) is 4.52 Å². The molecule has 2 aromatic heterocycles. The Bertz CT molecular complexity index is 710. The second-order valence-electron chi connectivity index (χ2n) is 6.03. The Labute approximate surface area is 135 Å². The van der Waals surface area contributed by atoms with Gasteiger partial charge >= 0.3 is 0 Å². The summed E-state index contributed by atoms with van der Waals surface area (Å²) in [5, 5.41) is 4.00. The van der Waals surface area contributed by atoms with E-state index in [-0.39, 0.29) is 11.8 Å². The molecule has 1 saturated heterocycles. The van der Waals surface area contributed by atoms with Gasteiger partial charge in [-0.1, -0.05) is 12.1 Å². The lowest BCUT2D eigenvalue weighted by Gasteiger charge is -2.32. The number of hydrogen-bond donors (Lipinski definition) is 0. The number of amides is 1. The second kappa shape index (κ2) is 6.48. The van der Waals surface area contributed by atoms with Crippen molar-refractivity contribution in [1.29, 1.82) is 0 Å². The second-order valence-corrected chi connectivity index (χ2v) is 6.03. The quantitative estimate of drug-likeness (QED) is 0.871. The van der Waals surface area contributed by atoms with Gasteiger partial charge in [-0.3, -0.25) is 4.79 Å². The maximum absolute atomic E-state index is 12.9. The molecule has 0 unspecified atom stereocenters. The first-order valence-electron chi connectivity index (χ1n) is 8.14. The van der Waals surface area contributed by atoms with Gasteiger partial charge in [0, 0.05) is 30.9 Å². The molecule has 0 saturated carbocycles. The summed E-state index contributed by atoms with van der Waals surface area (Å²) < 4.78 is 5.21. The fourth-order valence-corrected chi connectivity index (χ4v) is 3.20. The van der Waals surface area contributed by atoms with Crippen LogP contribution in [-0.4, -0.2) is 39.0 Å². The van der Waals surface area contributed by atoms with E-state index < -0.39 is 0 Å². The van der Waals surface area contributed by atoms with Crippen molar-refractivity contribution >= 4 is 5.91 Å². The van der Waals surface area contributed by atoms with Crippen LogP contribution < -0.4 is 0 Å². The van der Waals surface area contributed by atoms with Crippen LogP contribution in [-0.2, 0) is 6.42 Å². The van der Waals surface area contributed by atoms with E-state index in [2.05, 4.69) is 15.1 Å². The van der Waals surface area contributed by atoms with Gasteiger partial charge in [0.05, 0.1) is 5.69 Å². The molecular formula is C17H22N4O2. The molecule has 1 aliphatic heterocycles. The van der Waals surface area contributed by atoms with Gasteiger partial charge < -0.3 is 9.42 Å². The first-order chi connectivity index (χ1) is 11.1. The lowest BCUT2D eigenvalue weighted by atomic mass is 9.94. The third kappa shape index (κ3) is 3.11. The lowest BCUT2D eigenvalue weighted by Crippen LogP contribution is -2.39. The van der Waals surface area contributed by atoms with E-state index in [1.807, 2.05) is 24.8 Å². The van der Waals surface area contributed by atoms with E-state index in [1.165, 1.54) is 0 Å². The number of likely N-dealkylation sites (tertiary alicyclic amines) is 1. The minimum atomic E-state index is 0.0241. The van der Waals surface area contributed by atoms with Crippen LogP contribution in [0.25, 0.3) is 0 Å². The van der Waals surface area contributed by atoms with Crippen LogP contribution in [0.3, 0.4) is 0 Å². The SMILES string of the molecule is CCc1noc(C)c1C(=O)N1CCC[C@@H](c2ccnc(C)n2)C1. The minimum absolute atomic E-state index is 0.0241. The lowest BCUT2D eigenvalue weighted by molar-refractivity contribution is 0.0703. The molecule has 1 atom stereocenters. The maximum Gasteiger partial charge on any atom is 0.259 e. The van der Waals surface area contributed by atoms with Crippen molar-refractivity contribution in [2.24, 2.45) is 0 Å². The van der Waals surface area contributed by atoms with E-state index in [0.717, 1.165) is 36.6 Å². The highest BCUT2D eigenvalue weighted by atomic mass is 16.5. The van der Waals surface area contributed by atoms with Gasteiger partial charge in [0.2, 0.25) is 0 Å². The molecule has 1 aliphatic rings. The number of hydrogen-bond acceptors (Lipinski definition) is 5. The highest BCUT2D eigenvalue weighted by Crippen LogP contribution is 2.27. The number of aromatic nitrogens is 3. The molecule has 1 amide bonds. The summed E-state index contributed by atoms with van der Waals surface area (Å²) in [6.45, 7) is 7.13. The molecule has 0 aromatic carbocycles. The Kier molecular flexibility index (Phi) is 4.41. The van der Waals surface area contributed by atoms with Gasteiger partial charge in [-0.15, -0.1) is 0 Å². The van der Waals surface area contributed by atoms with E-state index in [9.17, 15) is 4.79 Å². The van der Waals surface area contributed by atoms with E-state index >= 15 is 0 Å². The zero-order valence-corrected chi connectivity index (χ0v) is 13.9. The van der Waals surface area contributed by atoms with Crippen LogP contribution in [0.4, 0.5) is 0 Å². The number of piperidine rings is 1. The molecule has 6 heteroatoms. The van der Waals surface area contributed by atoms with Crippen LogP contribution in [0.15, 0.2) is 16.8 Å². The Morgan fingerprint density at radius 3 is 3.00 bits per heavy atom. The van der Waals surface area contributed by atoms with Crippen molar-refractivity contribution < 1.29 is 9.32 Å².